The molecular weight excluding hydrogens is 400 g/mol. The van der Waals surface area contributed by atoms with E-state index in [1.54, 1.807) is 19.2 Å². The first-order valence-electron chi connectivity index (χ1n) is 10.2. The second kappa shape index (κ2) is 11.4. The number of carbonyl (C=O) groups excluding carboxylic acids is 1. The summed E-state index contributed by atoms with van der Waals surface area (Å²) in [7, 11) is 1.56. The zero-order valence-corrected chi connectivity index (χ0v) is 17.6. The van der Waals surface area contributed by atoms with Gasteiger partial charge in [-0.1, -0.05) is 24.3 Å². The second-order valence-electron chi connectivity index (χ2n) is 7.25. The molecule has 0 atom stereocenters. The summed E-state index contributed by atoms with van der Waals surface area (Å²) < 4.78 is 10.4. The number of methoxy groups -OCH3 is 1. The molecule has 0 saturated carbocycles. The van der Waals surface area contributed by atoms with E-state index >= 15 is 0 Å². The first kappa shape index (κ1) is 22.7. The zero-order valence-electron chi connectivity index (χ0n) is 17.6. The molecule has 2 aromatic carbocycles. The molecule has 0 unspecified atom stereocenters. The number of nitrogens with zero attached hydrogens (tertiary/aromatic N) is 2. The number of anilines is 1. The molecule has 1 aliphatic rings. The van der Waals surface area contributed by atoms with E-state index in [0.717, 1.165) is 44.0 Å². The van der Waals surface area contributed by atoms with Crippen molar-refractivity contribution < 1.29 is 19.2 Å². The Morgan fingerprint density at radius 2 is 1.94 bits per heavy atom. The molecule has 166 valence electrons. The molecule has 9 nitrogen and oxygen atoms in total. The molecule has 9 heteroatoms. The van der Waals surface area contributed by atoms with Gasteiger partial charge in [0.15, 0.2) is 0 Å². The Morgan fingerprint density at radius 1 is 1.19 bits per heavy atom. The largest absolute Gasteiger partial charge is 0.383 e. The van der Waals surface area contributed by atoms with E-state index in [0.29, 0.717) is 25.4 Å². The highest BCUT2D eigenvalue weighted by atomic mass is 16.6. The van der Waals surface area contributed by atoms with Crippen LogP contribution in [0.5, 0.6) is 0 Å². The first-order valence-corrected chi connectivity index (χ1v) is 10.2. The van der Waals surface area contributed by atoms with Crippen LogP contribution in [0.1, 0.15) is 21.5 Å². The van der Waals surface area contributed by atoms with E-state index in [2.05, 4.69) is 21.6 Å². The van der Waals surface area contributed by atoms with Crippen molar-refractivity contribution in [3.8, 4) is 0 Å². The fourth-order valence-corrected chi connectivity index (χ4v) is 3.42. The van der Waals surface area contributed by atoms with Gasteiger partial charge in [-0.05, 0) is 23.3 Å². The van der Waals surface area contributed by atoms with Gasteiger partial charge in [0.05, 0.1) is 24.7 Å². The molecule has 1 aliphatic heterocycles. The number of rotatable bonds is 10. The molecule has 1 heterocycles. The average Bonchev–Trinajstić information content (AvgIpc) is 2.79. The highest BCUT2D eigenvalue weighted by molar-refractivity contribution is 5.95. The highest BCUT2D eigenvalue weighted by Gasteiger charge is 2.18. The molecule has 0 aliphatic carbocycles. The van der Waals surface area contributed by atoms with Gasteiger partial charge in [-0.15, -0.1) is 0 Å². The van der Waals surface area contributed by atoms with Crippen molar-refractivity contribution in [2.45, 2.75) is 13.1 Å². The third-order valence-electron chi connectivity index (χ3n) is 5.13. The van der Waals surface area contributed by atoms with E-state index in [1.165, 1.54) is 6.07 Å². The molecule has 31 heavy (non-hydrogen) atoms. The molecule has 1 saturated heterocycles. The number of ether oxygens (including phenoxy) is 2. The topological polar surface area (TPSA) is 106 Å². The van der Waals surface area contributed by atoms with Crippen LogP contribution in [0.2, 0.25) is 0 Å². The van der Waals surface area contributed by atoms with Gasteiger partial charge in [0.1, 0.15) is 5.69 Å². The number of nitro benzene ring substituents is 1. The fraction of sp³-hybridized carbons (Fsp3) is 0.409. The maximum atomic E-state index is 12.7. The first-order chi connectivity index (χ1) is 15.1. The number of carbonyl (C=O) groups is 1. The summed E-state index contributed by atoms with van der Waals surface area (Å²) in [6.45, 7) is 5.22. The minimum Gasteiger partial charge on any atom is -0.383 e. The normalized spacial score (nSPS) is 14.2. The van der Waals surface area contributed by atoms with Crippen molar-refractivity contribution in [2.24, 2.45) is 0 Å². The lowest BCUT2D eigenvalue weighted by Gasteiger charge is -2.27. The smallest absolute Gasteiger partial charge is 0.293 e. The summed E-state index contributed by atoms with van der Waals surface area (Å²) in [5.41, 5.74) is 2.63. The number of hydrogen-bond donors (Lipinski definition) is 2. The third kappa shape index (κ3) is 6.48. The molecule has 0 radical (unpaired) electrons. The Bertz CT molecular complexity index is 899. The Balaban J connectivity index is 1.65. The van der Waals surface area contributed by atoms with Crippen molar-refractivity contribution in [3.63, 3.8) is 0 Å². The van der Waals surface area contributed by atoms with Gasteiger partial charge in [-0.2, -0.15) is 0 Å². The van der Waals surface area contributed by atoms with Gasteiger partial charge < -0.3 is 20.1 Å². The maximum absolute atomic E-state index is 12.7. The van der Waals surface area contributed by atoms with E-state index in [4.69, 9.17) is 9.47 Å². The Labute approximate surface area is 181 Å². The summed E-state index contributed by atoms with van der Waals surface area (Å²) in [6.07, 6.45) is 0. The standard InChI is InChI=1S/C22H28N4O5/c1-30-11-8-23-20-7-6-17(14-21(20)26(28)29)22(27)24-15-18-4-2-3-5-19(18)16-25-9-12-31-13-10-25/h2-7,14,23H,8-13,15-16H2,1H3,(H,24,27). The average molecular weight is 428 g/mol. The number of amides is 1. The number of hydrogen-bond acceptors (Lipinski definition) is 7. The van der Waals surface area contributed by atoms with Crippen LogP contribution in [0.25, 0.3) is 0 Å². The third-order valence-corrected chi connectivity index (χ3v) is 5.13. The number of nitrogens with one attached hydrogen (secondary N) is 2. The van der Waals surface area contributed by atoms with Gasteiger partial charge in [-0.3, -0.25) is 19.8 Å². The Hall–Kier alpha value is -3.01. The van der Waals surface area contributed by atoms with Crippen LogP contribution in [0.15, 0.2) is 42.5 Å². The molecule has 0 bridgehead atoms. The summed E-state index contributed by atoms with van der Waals surface area (Å²) in [5, 5.41) is 17.3. The monoisotopic (exact) mass is 428 g/mol. The second-order valence-corrected chi connectivity index (χ2v) is 7.25. The molecule has 3 rings (SSSR count). The zero-order chi connectivity index (χ0) is 22.1. The fourth-order valence-electron chi connectivity index (χ4n) is 3.42. The van der Waals surface area contributed by atoms with Crippen molar-refractivity contribution in [1.29, 1.82) is 0 Å². The van der Waals surface area contributed by atoms with E-state index in [-0.39, 0.29) is 17.2 Å². The highest BCUT2D eigenvalue weighted by Crippen LogP contribution is 2.25. The summed E-state index contributed by atoms with van der Waals surface area (Å²) >= 11 is 0. The molecule has 2 aromatic rings. The number of benzene rings is 2. The molecular formula is C22H28N4O5. The van der Waals surface area contributed by atoms with Crippen LogP contribution in [0.4, 0.5) is 11.4 Å². The molecule has 2 N–H and O–H groups in total. The lowest BCUT2D eigenvalue weighted by molar-refractivity contribution is -0.384. The SMILES string of the molecule is COCCNc1ccc(C(=O)NCc2ccccc2CN2CCOCC2)cc1[N+](=O)[O-]. The quantitative estimate of drug-likeness (QED) is 0.340. The molecule has 0 aromatic heterocycles. The Morgan fingerprint density at radius 3 is 2.65 bits per heavy atom. The van der Waals surface area contributed by atoms with E-state index in [9.17, 15) is 14.9 Å². The lowest BCUT2D eigenvalue weighted by Crippen LogP contribution is -2.36. The van der Waals surface area contributed by atoms with Crippen LogP contribution < -0.4 is 10.6 Å². The van der Waals surface area contributed by atoms with Gasteiger partial charge in [0.25, 0.3) is 11.6 Å². The van der Waals surface area contributed by atoms with Crippen molar-refractivity contribution in [2.75, 3.05) is 51.9 Å². The predicted molar refractivity (Wildman–Crippen MR) is 117 cm³/mol. The molecule has 1 fully saturated rings. The van der Waals surface area contributed by atoms with Crippen molar-refractivity contribution >= 4 is 17.3 Å². The summed E-state index contributed by atoms with van der Waals surface area (Å²) in [5.74, 6) is -0.354. The number of morpholine rings is 1. The van der Waals surface area contributed by atoms with Crippen LogP contribution in [0, 0.1) is 10.1 Å². The predicted octanol–water partition coefficient (Wildman–Crippen LogP) is 2.42. The van der Waals surface area contributed by atoms with Crippen LogP contribution in [-0.4, -0.2) is 62.3 Å². The number of nitro groups is 1. The summed E-state index contributed by atoms with van der Waals surface area (Å²) in [6, 6.07) is 12.4. The molecule has 0 spiro atoms. The molecule has 1 amide bonds. The van der Waals surface area contributed by atoms with Crippen molar-refractivity contribution in [1.82, 2.24) is 10.2 Å². The Kier molecular flexibility index (Phi) is 8.34. The summed E-state index contributed by atoms with van der Waals surface area (Å²) in [4.78, 5) is 25.9. The van der Waals surface area contributed by atoms with Crippen LogP contribution >= 0.6 is 0 Å². The van der Waals surface area contributed by atoms with E-state index in [1.807, 2.05) is 18.2 Å². The lowest BCUT2D eigenvalue weighted by atomic mass is 10.1. The van der Waals surface area contributed by atoms with Gasteiger partial charge in [-0.25, -0.2) is 0 Å². The van der Waals surface area contributed by atoms with Gasteiger partial charge in [0, 0.05) is 51.5 Å². The van der Waals surface area contributed by atoms with Gasteiger partial charge in [0.2, 0.25) is 0 Å². The minimum atomic E-state index is -0.496. The van der Waals surface area contributed by atoms with Gasteiger partial charge >= 0.3 is 0 Å². The van der Waals surface area contributed by atoms with Crippen LogP contribution in [0.3, 0.4) is 0 Å². The van der Waals surface area contributed by atoms with E-state index < -0.39 is 4.92 Å². The van der Waals surface area contributed by atoms with Crippen molar-refractivity contribution in [3.05, 3.63) is 69.3 Å². The van der Waals surface area contributed by atoms with Crippen LogP contribution in [-0.2, 0) is 22.6 Å². The maximum Gasteiger partial charge on any atom is 0.293 e. The minimum absolute atomic E-state index is 0.142.